The van der Waals surface area contributed by atoms with Crippen LogP contribution in [0.1, 0.15) is 29.9 Å². The number of furan rings is 1. The van der Waals surface area contributed by atoms with E-state index in [4.69, 9.17) is 9.15 Å². The molecule has 1 saturated heterocycles. The summed E-state index contributed by atoms with van der Waals surface area (Å²) in [5.74, 6) is -1.39. The minimum Gasteiger partial charge on any atom is -0.507 e. The lowest BCUT2D eigenvalue weighted by Gasteiger charge is -2.23. The second-order valence-electron chi connectivity index (χ2n) is 7.62. The maximum Gasteiger partial charge on any atom is 0.300 e. The Morgan fingerprint density at radius 3 is 2.61 bits per heavy atom. The fraction of sp³-hybridized carbons (Fsp3) is 0.167. The molecular formula is C24H18FNO5. The Kier molecular flexibility index (Phi) is 4.39. The van der Waals surface area contributed by atoms with Gasteiger partial charge in [-0.2, -0.15) is 0 Å². The minimum atomic E-state index is -0.983. The number of rotatable bonds is 3. The van der Waals surface area contributed by atoms with Crippen LogP contribution in [0.15, 0.2) is 70.9 Å². The number of hydrogen-bond acceptors (Lipinski definition) is 5. The van der Waals surface area contributed by atoms with Gasteiger partial charge in [-0.25, -0.2) is 4.39 Å². The van der Waals surface area contributed by atoms with E-state index in [-0.39, 0.29) is 17.4 Å². The maximum atomic E-state index is 13.4. The van der Waals surface area contributed by atoms with Crippen LogP contribution in [-0.2, 0) is 16.0 Å². The lowest BCUT2D eigenvalue weighted by atomic mass is 9.97. The number of anilines is 1. The Morgan fingerprint density at radius 2 is 1.90 bits per heavy atom. The van der Waals surface area contributed by atoms with E-state index in [1.165, 1.54) is 35.4 Å². The summed E-state index contributed by atoms with van der Waals surface area (Å²) in [6.07, 6.45) is 2.13. The number of fused-ring (bicyclic) bond motifs is 1. The highest BCUT2D eigenvalue weighted by Crippen LogP contribution is 2.43. The molecule has 2 unspecified atom stereocenters. The molecule has 3 heterocycles. The van der Waals surface area contributed by atoms with Crippen molar-refractivity contribution in [1.82, 2.24) is 0 Å². The van der Waals surface area contributed by atoms with E-state index in [0.29, 0.717) is 23.4 Å². The highest BCUT2D eigenvalue weighted by Gasteiger charge is 2.48. The highest BCUT2D eigenvalue weighted by molar-refractivity contribution is 6.51. The van der Waals surface area contributed by atoms with Gasteiger partial charge in [0.15, 0.2) is 0 Å². The SMILES string of the molecule is CC1Cc2cc(/C(O)=C3/C(=O)C(=O)N(c4ccc(F)cc4)C3c3ccco3)ccc2O1. The fourth-order valence-electron chi connectivity index (χ4n) is 4.14. The van der Waals surface area contributed by atoms with Gasteiger partial charge in [-0.15, -0.1) is 0 Å². The molecule has 1 amide bonds. The smallest absolute Gasteiger partial charge is 0.300 e. The van der Waals surface area contributed by atoms with E-state index in [0.717, 1.165) is 11.3 Å². The predicted octanol–water partition coefficient (Wildman–Crippen LogP) is 4.37. The van der Waals surface area contributed by atoms with Crippen LogP contribution < -0.4 is 9.64 Å². The summed E-state index contributed by atoms with van der Waals surface area (Å²) < 4.78 is 24.6. The zero-order valence-electron chi connectivity index (χ0n) is 16.5. The summed E-state index contributed by atoms with van der Waals surface area (Å²) in [6.45, 7) is 1.95. The molecule has 5 rings (SSSR count). The van der Waals surface area contributed by atoms with Crippen LogP contribution in [0.4, 0.5) is 10.1 Å². The minimum absolute atomic E-state index is 0.0274. The van der Waals surface area contributed by atoms with E-state index in [1.807, 2.05) is 6.92 Å². The van der Waals surface area contributed by atoms with Crippen molar-refractivity contribution >= 4 is 23.1 Å². The fourth-order valence-corrected chi connectivity index (χ4v) is 4.14. The molecule has 0 saturated carbocycles. The first-order valence-corrected chi connectivity index (χ1v) is 9.84. The number of aliphatic hydroxyl groups is 1. The molecule has 0 radical (unpaired) electrons. The molecule has 0 bridgehead atoms. The summed E-state index contributed by atoms with van der Waals surface area (Å²) >= 11 is 0. The summed E-state index contributed by atoms with van der Waals surface area (Å²) in [7, 11) is 0. The summed E-state index contributed by atoms with van der Waals surface area (Å²) in [4.78, 5) is 27.2. The maximum absolute atomic E-state index is 13.4. The number of carbonyl (C=O) groups excluding carboxylic acids is 2. The lowest BCUT2D eigenvalue weighted by molar-refractivity contribution is -0.132. The quantitative estimate of drug-likeness (QED) is 0.387. The van der Waals surface area contributed by atoms with Crippen LogP contribution in [0.3, 0.4) is 0 Å². The molecular weight excluding hydrogens is 401 g/mol. The number of amides is 1. The Hall–Kier alpha value is -3.87. The van der Waals surface area contributed by atoms with E-state index >= 15 is 0 Å². The van der Waals surface area contributed by atoms with Gasteiger partial charge in [0.2, 0.25) is 0 Å². The van der Waals surface area contributed by atoms with Gasteiger partial charge in [0.25, 0.3) is 11.7 Å². The van der Waals surface area contributed by atoms with Gasteiger partial charge in [-0.05, 0) is 67.1 Å². The summed E-state index contributed by atoms with van der Waals surface area (Å²) in [6, 6.07) is 12.7. The van der Waals surface area contributed by atoms with Crippen molar-refractivity contribution in [2.24, 2.45) is 0 Å². The van der Waals surface area contributed by atoms with Crippen molar-refractivity contribution in [3.05, 3.63) is 89.1 Å². The molecule has 2 aliphatic rings. The molecule has 1 N–H and O–H groups in total. The third kappa shape index (κ3) is 3.09. The van der Waals surface area contributed by atoms with Crippen molar-refractivity contribution in [1.29, 1.82) is 0 Å². The monoisotopic (exact) mass is 419 g/mol. The topological polar surface area (TPSA) is 80.0 Å². The average Bonchev–Trinajstić information content (AvgIpc) is 3.46. The summed E-state index contributed by atoms with van der Waals surface area (Å²) in [5.41, 5.74) is 1.56. The molecule has 31 heavy (non-hydrogen) atoms. The number of halogens is 1. The number of ketones is 1. The van der Waals surface area contributed by atoms with Gasteiger partial charge in [-0.3, -0.25) is 14.5 Å². The van der Waals surface area contributed by atoms with Crippen molar-refractivity contribution in [3.63, 3.8) is 0 Å². The van der Waals surface area contributed by atoms with Gasteiger partial charge in [-0.1, -0.05) is 0 Å². The highest BCUT2D eigenvalue weighted by atomic mass is 19.1. The number of benzene rings is 2. The number of Topliss-reactive ketones (excluding diaryl/α,β-unsaturated/α-hetero) is 1. The zero-order valence-corrected chi connectivity index (χ0v) is 16.5. The number of hydrogen-bond donors (Lipinski definition) is 1. The number of ether oxygens (including phenoxy) is 1. The first kappa shape index (κ1) is 19.1. The van der Waals surface area contributed by atoms with E-state index in [9.17, 15) is 19.1 Å². The molecule has 6 nitrogen and oxygen atoms in total. The van der Waals surface area contributed by atoms with Crippen molar-refractivity contribution < 1.29 is 28.2 Å². The molecule has 2 aromatic carbocycles. The van der Waals surface area contributed by atoms with Crippen molar-refractivity contribution in [2.75, 3.05) is 4.90 Å². The predicted molar refractivity (Wildman–Crippen MR) is 110 cm³/mol. The van der Waals surface area contributed by atoms with Crippen LogP contribution in [0.25, 0.3) is 5.76 Å². The first-order chi connectivity index (χ1) is 14.9. The van der Waals surface area contributed by atoms with Crippen LogP contribution in [0, 0.1) is 5.82 Å². The van der Waals surface area contributed by atoms with Crippen LogP contribution >= 0.6 is 0 Å². The van der Waals surface area contributed by atoms with Gasteiger partial charge < -0.3 is 14.3 Å². The second kappa shape index (κ2) is 7.12. The second-order valence-corrected chi connectivity index (χ2v) is 7.62. The average molecular weight is 419 g/mol. The van der Waals surface area contributed by atoms with Gasteiger partial charge in [0, 0.05) is 17.7 Å². The first-order valence-electron chi connectivity index (χ1n) is 9.84. The Labute approximate surface area is 177 Å². The Bertz CT molecular complexity index is 1210. The van der Waals surface area contributed by atoms with Crippen molar-refractivity contribution in [3.8, 4) is 5.75 Å². The standard InChI is InChI=1S/C24H18FNO5/c1-13-11-15-12-14(4-9-18(15)31-13)22(27)20-21(19-3-2-10-30-19)26(24(29)23(20)28)17-7-5-16(25)6-8-17/h2-10,12-13,21,27H,11H2,1H3/b22-20-. The van der Waals surface area contributed by atoms with Crippen LogP contribution in [0.5, 0.6) is 5.75 Å². The van der Waals surface area contributed by atoms with Crippen LogP contribution in [-0.4, -0.2) is 22.9 Å². The molecule has 1 aromatic heterocycles. The molecule has 2 atom stereocenters. The molecule has 3 aromatic rings. The number of carbonyl (C=O) groups is 2. The van der Waals surface area contributed by atoms with Gasteiger partial charge in [0.1, 0.15) is 35.2 Å². The lowest BCUT2D eigenvalue weighted by Crippen LogP contribution is -2.29. The third-order valence-corrected chi connectivity index (χ3v) is 5.53. The van der Waals surface area contributed by atoms with E-state index in [1.54, 1.807) is 30.3 Å². The molecule has 0 spiro atoms. The number of nitrogens with zero attached hydrogens (tertiary/aromatic N) is 1. The Morgan fingerprint density at radius 1 is 1.13 bits per heavy atom. The zero-order chi connectivity index (χ0) is 21.7. The summed E-state index contributed by atoms with van der Waals surface area (Å²) in [5, 5.41) is 11.1. The van der Waals surface area contributed by atoms with E-state index in [2.05, 4.69) is 0 Å². The number of aliphatic hydroxyl groups excluding tert-OH is 1. The van der Waals surface area contributed by atoms with E-state index < -0.39 is 23.5 Å². The molecule has 0 aliphatic carbocycles. The molecule has 2 aliphatic heterocycles. The van der Waals surface area contributed by atoms with Crippen LogP contribution in [0.2, 0.25) is 0 Å². The molecule has 7 heteroatoms. The molecule has 156 valence electrons. The molecule has 1 fully saturated rings. The normalized spacial score (nSPS) is 21.9. The third-order valence-electron chi connectivity index (χ3n) is 5.53. The Balaban J connectivity index is 1.66. The van der Waals surface area contributed by atoms with Crippen molar-refractivity contribution in [2.45, 2.75) is 25.5 Å². The van der Waals surface area contributed by atoms with Gasteiger partial charge >= 0.3 is 0 Å². The van der Waals surface area contributed by atoms with Gasteiger partial charge in [0.05, 0.1) is 11.8 Å². The largest absolute Gasteiger partial charge is 0.507 e.